The molecule has 2 amide bonds. The van der Waals surface area contributed by atoms with Gasteiger partial charge in [-0.1, -0.05) is 115 Å². The van der Waals surface area contributed by atoms with Gasteiger partial charge in [0, 0.05) is 19.0 Å². The summed E-state index contributed by atoms with van der Waals surface area (Å²) in [7, 11) is -4.13. The fourth-order valence-electron chi connectivity index (χ4n) is 6.18. The van der Waals surface area contributed by atoms with Crippen LogP contribution in [0.1, 0.15) is 59.9 Å². The molecule has 4 aromatic rings. The average Bonchev–Trinajstić information content (AvgIpc) is 3.06. The van der Waals surface area contributed by atoms with Crippen molar-refractivity contribution in [2.75, 3.05) is 10.8 Å². The number of carbonyl (C=O) groups is 2. The zero-order chi connectivity index (χ0) is 33.4. The number of nitrogens with zero attached hydrogens (tertiary/aromatic N) is 2. The van der Waals surface area contributed by atoms with Crippen molar-refractivity contribution in [3.63, 3.8) is 0 Å². The van der Waals surface area contributed by atoms with Crippen molar-refractivity contribution in [2.24, 2.45) is 0 Å². The molecule has 0 aromatic heterocycles. The molecule has 5 rings (SSSR count). The van der Waals surface area contributed by atoms with Crippen molar-refractivity contribution in [2.45, 2.75) is 82.8 Å². The number of sulfonamides is 1. The van der Waals surface area contributed by atoms with Gasteiger partial charge in [-0.2, -0.15) is 0 Å². The summed E-state index contributed by atoms with van der Waals surface area (Å²) in [5, 5.41) is 3.26. The summed E-state index contributed by atoms with van der Waals surface area (Å²) in [6.07, 6.45) is 5.39. The Morgan fingerprint density at radius 1 is 0.745 bits per heavy atom. The number of amides is 2. The first-order valence-electron chi connectivity index (χ1n) is 16.5. The molecule has 0 aliphatic heterocycles. The van der Waals surface area contributed by atoms with Crippen LogP contribution in [0.5, 0.6) is 0 Å². The quantitative estimate of drug-likeness (QED) is 0.181. The van der Waals surface area contributed by atoms with E-state index in [4.69, 9.17) is 0 Å². The standard InChI is InChI=1S/C39H45N3O4S/c1-29-17-21-35(22-18-29)42(47(45,46)36-23-19-30(2)20-24-36)28-38(43)41(27-33-14-10-11-31(3)25-33)37(26-32-12-6-4-7-13-32)39(44)40-34-15-8-5-9-16-34/h4,6-7,10-14,17-25,34,37H,5,8-9,15-16,26-28H2,1-3H3,(H,40,44). The molecule has 1 unspecified atom stereocenters. The Labute approximate surface area is 279 Å². The largest absolute Gasteiger partial charge is 0.352 e. The molecular formula is C39H45N3O4S. The molecule has 8 heteroatoms. The van der Waals surface area contributed by atoms with Crippen molar-refractivity contribution in [1.29, 1.82) is 0 Å². The van der Waals surface area contributed by atoms with Crippen molar-refractivity contribution in [3.05, 3.63) is 131 Å². The van der Waals surface area contributed by atoms with Crippen LogP contribution in [-0.2, 0) is 32.6 Å². The van der Waals surface area contributed by atoms with Gasteiger partial charge in [-0.3, -0.25) is 13.9 Å². The second kappa shape index (κ2) is 15.4. The van der Waals surface area contributed by atoms with Gasteiger partial charge in [0.05, 0.1) is 10.6 Å². The number of nitrogens with one attached hydrogen (secondary N) is 1. The molecule has 1 atom stereocenters. The van der Waals surface area contributed by atoms with E-state index in [1.165, 1.54) is 4.31 Å². The summed E-state index contributed by atoms with van der Waals surface area (Å²) < 4.78 is 29.6. The number of carbonyl (C=O) groups excluding carboxylic acids is 2. The molecule has 1 fully saturated rings. The van der Waals surface area contributed by atoms with Crippen molar-refractivity contribution in [1.82, 2.24) is 10.2 Å². The smallest absolute Gasteiger partial charge is 0.264 e. The highest BCUT2D eigenvalue weighted by Crippen LogP contribution is 2.26. The van der Waals surface area contributed by atoms with Gasteiger partial charge in [0.15, 0.2) is 0 Å². The second-order valence-electron chi connectivity index (χ2n) is 12.7. The van der Waals surface area contributed by atoms with Gasteiger partial charge in [-0.25, -0.2) is 8.42 Å². The predicted octanol–water partition coefficient (Wildman–Crippen LogP) is 6.90. The van der Waals surface area contributed by atoms with E-state index in [9.17, 15) is 18.0 Å². The summed E-state index contributed by atoms with van der Waals surface area (Å²) in [6, 6.07) is 30.5. The van der Waals surface area contributed by atoms with E-state index in [-0.39, 0.29) is 23.4 Å². The summed E-state index contributed by atoms with van der Waals surface area (Å²) in [4.78, 5) is 30.6. The lowest BCUT2D eigenvalue weighted by Crippen LogP contribution is -2.55. The Kier molecular flexibility index (Phi) is 11.1. The van der Waals surface area contributed by atoms with Crippen molar-refractivity contribution < 1.29 is 18.0 Å². The molecule has 0 saturated heterocycles. The Morgan fingerprint density at radius 3 is 2.00 bits per heavy atom. The van der Waals surface area contributed by atoms with Gasteiger partial charge in [0.2, 0.25) is 11.8 Å². The molecular weight excluding hydrogens is 607 g/mol. The van der Waals surface area contributed by atoms with Gasteiger partial charge in [-0.15, -0.1) is 0 Å². The molecule has 7 nitrogen and oxygen atoms in total. The van der Waals surface area contributed by atoms with E-state index in [0.29, 0.717) is 12.1 Å². The third-order valence-electron chi connectivity index (χ3n) is 8.87. The Bertz CT molecular complexity index is 1750. The zero-order valence-corrected chi connectivity index (χ0v) is 28.4. The van der Waals surface area contributed by atoms with Crippen LogP contribution in [-0.4, -0.2) is 43.8 Å². The molecule has 0 heterocycles. The van der Waals surface area contributed by atoms with Gasteiger partial charge in [0.1, 0.15) is 12.6 Å². The van der Waals surface area contributed by atoms with Gasteiger partial charge in [-0.05, 0) is 69.0 Å². The van der Waals surface area contributed by atoms with E-state index >= 15 is 0 Å². The fourth-order valence-corrected chi connectivity index (χ4v) is 7.60. The Balaban J connectivity index is 1.56. The van der Waals surface area contributed by atoms with E-state index in [1.807, 2.05) is 87.5 Å². The summed E-state index contributed by atoms with van der Waals surface area (Å²) in [5.41, 5.74) is 5.09. The van der Waals surface area contributed by atoms with E-state index < -0.39 is 28.5 Å². The van der Waals surface area contributed by atoms with Gasteiger partial charge in [0.25, 0.3) is 10.0 Å². The summed E-state index contributed by atoms with van der Waals surface area (Å²) >= 11 is 0. The van der Waals surface area contributed by atoms with Crippen LogP contribution in [0.3, 0.4) is 0 Å². The molecule has 0 radical (unpaired) electrons. The fraction of sp³-hybridized carbons (Fsp3) is 0.333. The zero-order valence-electron chi connectivity index (χ0n) is 27.6. The summed E-state index contributed by atoms with van der Waals surface area (Å²) in [6.45, 7) is 5.50. The maximum absolute atomic E-state index is 14.7. The third-order valence-corrected chi connectivity index (χ3v) is 10.7. The van der Waals surface area contributed by atoms with Crippen molar-refractivity contribution >= 4 is 27.5 Å². The van der Waals surface area contributed by atoms with Gasteiger partial charge < -0.3 is 10.2 Å². The lowest BCUT2D eigenvalue weighted by Gasteiger charge is -2.35. The average molecular weight is 652 g/mol. The predicted molar refractivity (Wildman–Crippen MR) is 188 cm³/mol. The summed E-state index contributed by atoms with van der Waals surface area (Å²) in [5.74, 6) is -0.674. The molecule has 1 N–H and O–H groups in total. The number of hydrogen-bond acceptors (Lipinski definition) is 4. The van der Waals surface area contributed by atoms with Crippen LogP contribution in [0.4, 0.5) is 5.69 Å². The molecule has 4 aromatic carbocycles. The third kappa shape index (κ3) is 8.89. The van der Waals surface area contributed by atoms with Crippen LogP contribution in [0.2, 0.25) is 0 Å². The number of benzene rings is 4. The molecule has 0 bridgehead atoms. The highest BCUT2D eigenvalue weighted by molar-refractivity contribution is 7.92. The van der Waals surface area contributed by atoms with Crippen LogP contribution < -0.4 is 9.62 Å². The van der Waals surface area contributed by atoms with Gasteiger partial charge >= 0.3 is 0 Å². The topological polar surface area (TPSA) is 86.8 Å². The first-order valence-corrected chi connectivity index (χ1v) is 17.9. The minimum absolute atomic E-state index is 0.0522. The number of aryl methyl sites for hydroxylation is 3. The second-order valence-corrected chi connectivity index (χ2v) is 14.6. The lowest BCUT2D eigenvalue weighted by atomic mass is 9.94. The first-order chi connectivity index (χ1) is 22.6. The van der Waals surface area contributed by atoms with Crippen LogP contribution in [0.15, 0.2) is 108 Å². The number of hydrogen-bond donors (Lipinski definition) is 1. The van der Waals surface area contributed by atoms with Crippen molar-refractivity contribution in [3.8, 4) is 0 Å². The van der Waals surface area contributed by atoms with E-state index in [0.717, 1.165) is 59.9 Å². The van der Waals surface area contributed by atoms with Crippen LogP contribution in [0, 0.1) is 20.8 Å². The number of rotatable bonds is 12. The highest BCUT2D eigenvalue weighted by Gasteiger charge is 2.35. The highest BCUT2D eigenvalue weighted by atomic mass is 32.2. The van der Waals surface area contributed by atoms with Crippen LogP contribution >= 0.6 is 0 Å². The maximum atomic E-state index is 14.7. The van der Waals surface area contributed by atoms with E-state index in [2.05, 4.69) is 5.32 Å². The Hall–Kier alpha value is -4.43. The Morgan fingerprint density at radius 2 is 1.36 bits per heavy atom. The molecule has 0 spiro atoms. The maximum Gasteiger partial charge on any atom is 0.264 e. The molecule has 1 aliphatic rings. The molecule has 1 aliphatic carbocycles. The SMILES string of the molecule is Cc1ccc(N(CC(=O)N(Cc2cccc(C)c2)C(Cc2ccccc2)C(=O)NC2CCCCC2)S(=O)(=O)c2ccc(C)cc2)cc1. The minimum Gasteiger partial charge on any atom is -0.352 e. The first kappa shape index (κ1) is 33.9. The molecule has 1 saturated carbocycles. The normalized spacial score (nSPS) is 14.3. The lowest BCUT2D eigenvalue weighted by molar-refractivity contribution is -0.140. The van der Waals surface area contributed by atoms with E-state index in [1.54, 1.807) is 41.3 Å². The molecule has 47 heavy (non-hydrogen) atoms. The minimum atomic E-state index is -4.13. The monoisotopic (exact) mass is 651 g/mol. The molecule has 246 valence electrons. The van der Waals surface area contributed by atoms with Crippen LogP contribution in [0.25, 0.3) is 0 Å². The number of anilines is 1.